The third-order valence-electron chi connectivity index (χ3n) is 3.72. The van der Waals surface area contributed by atoms with E-state index in [-0.39, 0.29) is 30.9 Å². The number of benzene rings is 2. The number of carboxylic acid groups (broad SMARTS) is 1. The lowest BCUT2D eigenvalue weighted by Gasteiger charge is -2.23. The van der Waals surface area contributed by atoms with Gasteiger partial charge in [-0.25, -0.2) is 18.0 Å². The molecule has 8 heteroatoms. The van der Waals surface area contributed by atoms with E-state index in [1.54, 1.807) is 12.1 Å². The first-order valence-electron chi connectivity index (χ1n) is 7.91. The summed E-state index contributed by atoms with van der Waals surface area (Å²) in [6.45, 7) is 0.266. The normalized spacial score (nSPS) is 13.2. The van der Waals surface area contributed by atoms with Crippen LogP contribution >= 0.6 is 0 Å². The lowest BCUT2D eigenvalue weighted by Crippen LogP contribution is -2.48. The van der Waals surface area contributed by atoms with E-state index >= 15 is 0 Å². The van der Waals surface area contributed by atoms with Crippen molar-refractivity contribution in [3.05, 3.63) is 71.0 Å². The molecule has 2 rings (SSSR count). The van der Waals surface area contributed by atoms with Crippen molar-refractivity contribution in [3.63, 3.8) is 0 Å². The molecular formula is C18H19F3N2O3. The van der Waals surface area contributed by atoms with Crippen LogP contribution in [0, 0.1) is 17.5 Å². The monoisotopic (exact) mass is 368 g/mol. The van der Waals surface area contributed by atoms with E-state index < -0.39 is 29.9 Å². The van der Waals surface area contributed by atoms with E-state index in [0.717, 1.165) is 12.1 Å². The average Bonchev–Trinajstić information content (AvgIpc) is 2.53. The maximum Gasteiger partial charge on any atom is 0.404 e. The Balaban J connectivity index is 1.97. The van der Waals surface area contributed by atoms with Crippen LogP contribution in [-0.2, 0) is 13.0 Å². The molecule has 0 aliphatic carbocycles. The molecule has 0 aliphatic rings. The van der Waals surface area contributed by atoms with Gasteiger partial charge >= 0.3 is 6.09 Å². The summed E-state index contributed by atoms with van der Waals surface area (Å²) >= 11 is 0. The van der Waals surface area contributed by atoms with Crippen molar-refractivity contribution in [2.24, 2.45) is 0 Å². The summed E-state index contributed by atoms with van der Waals surface area (Å²) in [6.07, 6.45) is -2.62. The van der Waals surface area contributed by atoms with Crippen LogP contribution in [0.25, 0.3) is 0 Å². The van der Waals surface area contributed by atoms with Gasteiger partial charge in [-0.1, -0.05) is 12.1 Å². The molecular weight excluding hydrogens is 349 g/mol. The molecule has 2 aromatic rings. The number of halogens is 3. The van der Waals surface area contributed by atoms with Gasteiger partial charge in [0.15, 0.2) is 0 Å². The third kappa shape index (κ3) is 6.38. The molecule has 2 atom stereocenters. The molecule has 0 saturated heterocycles. The van der Waals surface area contributed by atoms with Crippen molar-refractivity contribution < 1.29 is 28.2 Å². The maximum atomic E-state index is 13.3. The van der Waals surface area contributed by atoms with Crippen molar-refractivity contribution in [1.82, 2.24) is 10.6 Å². The molecule has 0 saturated carbocycles. The molecule has 0 bridgehead atoms. The van der Waals surface area contributed by atoms with Gasteiger partial charge in [0.25, 0.3) is 0 Å². The Morgan fingerprint density at radius 1 is 1.00 bits per heavy atom. The molecule has 5 nitrogen and oxygen atoms in total. The van der Waals surface area contributed by atoms with Gasteiger partial charge in [-0.3, -0.25) is 0 Å². The zero-order valence-corrected chi connectivity index (χ0v) is 13.8. The summed E-state index contributed by atoms with van der Waals surface area (Å²) in [4.78, 5) is 10.9. The minimum Gasteiger partial charge on any atom is -0.465 e. The largest absolute Gasteiger partial charge is 0.465 e. The molecule has 4 N–H and O–H groups in total. The van der Waals surface area contributed by atoms with Crippen molar-refractivity contribution in [2.75, 3.05) is 6.54 Å². The Morgan fingerprint density at radius 3 is 2.27 bits per heavy atom. The first kappa shape index (κ1) is 19.7. The van der Waals surface area contributed by atoms with E-state index in [1.807, 2.05) is 0 Å². The number of nitrogens with one attached hydrogen (secondary N) is 2. The molecule has 140 valence electrons. The Labute approximate surface area is 148 Å². The van der Waals surface area contributed by atoms with E-state index in [4.69, 9.17) is 5.11 Å². The van der Waals surface area contributed by atoms with Crippen LogP contribution in [-0.4, -0.2) is 35.0 Å². The highest BCUT2D eigenvalue weighted by atomic mass is 19.1. The number of aliphatic hydroxyl groups excluding tert-OH is 1. The van der Waals surface area contributed by atoms with Crippen molar-refractivity contribution in [1.29, 1.82) is 0 Å². The minimum absolute atomic E-state index is 0.000736. The van der Waals surface area contributed by atoms with Crippen LogP contribution in [0.5, 0.6) is 0 Å². The highest BCUT2D eigenvalue weighted by molar-refractivity contribution is 5.65. The first-order valence-corrected chi connectivity index (χ1v) is 7.91. The number of hydrogen-bond donors (Lipinski definition) is 4. The van der Waals surface area contributed by atoms with Crippen molar-refractivity contribution in [3.8, 4) is 0 Å². The number of aliphatic hydroxyl groups is 1. The van der Waals surface area contributed by atoms with Crippen LogP contribution in [0.4, 0.5) is 18.0 Å². The summed E-state index contributed by atoms with van der Waals surface area (Å²) in [5.74, 6) is -1.95. The Bertz CT molecular complexity index is 738. The standard InChI is InChI=1S/C18H19F3N2O3/c19-13-3-1-2-11(4-13)9-22-10-17(24)16(23-18(25)26)7-12-5-14(20)8-15(21)6-12/h1-6,8,16-17,22-24H,7,9-10H2,(H,25,26)/t16-,17-/m0/s1. The van der Waals surface area contributed by atoms with Crippen molar-refractivity contribution in [2.45, 2.75) is 25.1 Å². The van der Waals surface area contributed by atoms with E-state index in [1.165, 1.54) is 12.1 Å². The minimum atomic E-state index is -1.36. The number of carbonyl (C=O) groups is 1. The molecule has 0 fully saturated rings. The second-order valence-corrected chi connectivity index (χ2v) is 5.87. The van der Waals surface area contributed by atoms with Crippen LogP contribution in [0.1, 0.15) is 11.1 Å². The van der Waals surface area contributed by atoms with Gasteiger partial charge in [-0.05, 0) is 41.8 Å². The van der Waals surface area contributed by atoms with Crippen molar-refractivity contribution >= 4 is 6.09 Å². The smallest absolute Gasteiger partial charge is 0.404 e. The Hall–Kier alpha value is -2.58. The Kier molecular flexibility index (Phi) is 6.99. The molecule has 0 heterocycles. The SMILES string of the molecule is O=C(O)N[C@@H](Cc1cc(F)cc(F)c1)[C@@H](O)CNCc1cccc(F)c1. The molecule has 0 spiro atoms. The molecule has 0 radical (unpaired) electrons. The summed E-state index contributed by atoms with van der Waals surface area (Å²) in [6, 6.07) is 7.78. The van der Waals surface area contributed by atoms with Gasteiger partial charge in [0.2, 0.25) is 0 Å². The van der Waals surface area contributed by atoms with E-state index in [2.05, 4.69) is 10.6 Å². The van der Waals surface area contributed by atoms with Crippen LogP contribution in [0.3, 0.4) is 0 Å². The fraction of sp³-hybridized carbons (Fsp3) is 0.278. The molecule has 26 heavy (non-hydrogen) atoms. The van der Waals surface area contributed by atoms with Gasteiger partial charge in [0.05, 0.1) is 12.1 Å². The second kappa shape index (κ2) is 9.21. The van der Waals surface area contributed by atoms with Crippen LogP contribution < -0.4 is 10.6 Å². The van der Waals surface area contributed by atoms with Gasteiger partial charge < -0.3 is 20.8 Å². The highest BCUT2D eigenvalue weighted by Gasteiger charge is 2.22. The molecule has 2 aromatic carbocycles. The highest BCUT2D eigenvalue weighted by Crippen LogP contribution is 2.12. The zero-order valence-electron chi connectivity index (χ0n) is 13.8. The summed E-state index contributed by atoms with van der Waals surface area (Å²) in [5, 5.41) is 24.2. The number of amides is 1. The summed E-state index contributed by atoms with van der Waals surface area (Å²) in [7, 11) is 0. The van der Waals surface area contributed by atoms with Crippen LogP contribution in [0.15, 0.2) is 42.5 Å². The van der Waals surface area contributed by atoms with Gasteiger partial charge in [-0.2, -0.15) is 0 Å². The fourth-order valence-electron chi connectivity index (χ4n) is 2.58. The molecule has 0 aromatic heterocycles. The quantitative estimate of drug-likeness (QED) is 0.577. The predicted molar refractivity (Wildman–Crippen MR) is 89.1 cm³/mol. The molecule has 1 amide bonds. The zero-order chi connectivity index (χ0) is 19.1. The van der Waals surface area contributed by atoms with Gasteiger partial charge in [0, 0.05) is 19.2 Å². The van der Waals surface area contributed by atoms with Gasteiger partial charge in [0.1, 0.15) is 17.5 Å². The fourth-order valence-corrected chi connectivity index (χ4v) is 2.58. The summed E-state index contributed by atoms with van der Waals surface area (Å²) < 4.78 is 39.7. The van der Waals surface area contributed by atoms with Crippen LogP contribution in [0.2, 0.25) is 0 Å². The predicted octanol–water partition coefficient (Wildman–Crippen LogP) is 2.43. The number of rotatable bonds is 8. The lowest BCUT2D eigenvalue weighted by molar-refractivity contribution is 0.117. The lowest BCUT2D eigenvalue weighted by atomic mass is 10.0. The maximum absolute atomic E-state index is 13.3. The second-order valence-electron chi connectivity index (χ2n) is 5.87. The molecule has 0 aliphatic heterocycles. The van der Waals surface area contributed by atoms with E-state index in [0.29, 0.717) is 11.6 Å². The number of hydrogen-bond acceptors (Lipinski definition) is 3. The summed E-state index contributed by atoms with van der Waals surface area (Å²) in [5.41, 5.74) is 0.873. The third-order valence-corrected chi connectivity index (χ3v) is 3.72. The van der Waals surface area contributed by atoms with E-state index in [9.17, 15) is 23.1 Å². The Morgan fingerprint density at radius 2 is 1.65 bits per heavy atom. The topological polar surface area (TPSA) is 81.6 Å². The first-order chi connectivity index (χ1) is 12.3. The van der Waals surface area contributed by atoms with Gasteiger partial charge in [-0.15, -0.1) is 0 Å². The average molecular weight is 368 g/mol. The molecule has 0 unspecified atom stereocenters.